The van der Waals surface area contributed by atoms with Crippen LogP contribution in [0.3, 0.4) is 0 Å². The van der Waals surface area contributed by atoms with Crippen molar-refractivity contribution in [1.29, 1.82) is 0 Å². The average Bonchev–Trinajstić information content (AvgIpc) is 3.02. The Morgan fingerprint density at radius 1 is 0.889 bits per heavy atom. The summed E-state index contributed by atoms with van der Waals surface area (Å²) in [6.45, 7) is 0. The van der Waals surface area contributed by atoms with Crippen LogP contribution in [0.25, 0.3) is 28.9 Å². The molecule has 0 amide bonds. The quantitative estimate of drug-likeness (QED) is 0.613. The summed E-state index contributed by atoms with van der Waals surface area (Å²) < 4.78 is 41.7. The van der Waals surface area contributed by atoms with Gasteiger partial charge < -0.3 is 9.47 Å². The minimum atomic E-state index is -4.47. The molecule has 1 aliphatic heterocycles. The molecule has 27 heavy (non-hydrogen) atoms. The van der Waals surface area contributed by atoms with Crippen molar-refractivity contribution in [3.05, 3.63) is 65.5 Å². The van der Waals surface area contributed by atoms with E-state index in [9.17, 15) is 13.2 Å². The predicted octanol–water partition coefficient (Wildman–Crippen LogP) is 4.74. The molecule has 1 aromatic heterocycles. The third-order valence-electron chi connectivity index (χ3n) is 4.55. The van der Waals surface area contributed by atoms with Crippen molar-refractivity contribution in [3.8, 4) is 22.8 Å². The van der Waals surface area contributed by atoms with Gasteiger partial charge in [-0.3, -0.25) is 0 Å². The first-order chi connectivity index (χ1) is 12.9. The van der Waals surface area contributed by atoms with E-state index >= 15 is 0 Å². The second kappa shape index (κ2) is 6.14. The average molecular weight is 368 g/mol. The molecule has 0 fully saturated rings. The minimum absolute atomic E-state index is 0.00334. The maximum absolute atomic E-state index is 13.4. The second-order valence-corrected chi connectivity index (χ2v) is 6.24. The molecule has 0 aliphatic carbocycles. The summed E-state index contributed by atoms with van der Waals surface area (Å²) in [6, 6.07) is 11.1. The topological polar surface area (TPSA) is 34.0 Å². The Hall–Kier alpha value is -3.31. The highest BCUT2D eigenvalue weighted by Crippen LogP contribution is 2.38. The number of benzene rings is 2. The lowest BCUT2D eigenvalue weighted by Gasteiger charge is -2.20. The van der Waals surface area contributed by atoms with Crippen molar-refractivity contribution >= 4 is 11.8 Å². The van der Waals surface area contributed by atoms with E-state index in [1.807, 2.05) is 42.4 Å². The highest BCUT2D eigenvalue weighted by Gasteiger charge is 2.34. The number of hydrogen-bond acceptors (Lipinski definition) is 3. The highest BCUT2D eigenvalue weighted by molar-refractivity contribution is 5.83. The lowest BCUT2D eigenvalue weighted by molar-refractivity contribution is -0.137. The summed E-state index contributed by atoms with van der Waals surface area (Å²) in [5, 5.41) is 8.25. The summed E-state index contributed by atoms with van der Waals surface area (Å²) in [6.07, 6.45) is -0.818. The molecule has 0 atom stereocenters. The van der Waals surface area contributed by atoms with Crippen LogP contribution in [-0.4, -0.2) is 21.8 Å². The number of alkyl halides is 3. The first-order valence-corrected chi connectivity index (χ1v) is 8.22. The number of aromatic nitrogens is 3. The van der Waals surface area contributed by atoms with Gasteiger partial charge in [0, 0.05) is 42.7 Å². The summed E-state index contributed by atoms with van der Waals surface area (Å²) in [4.78, 5) is 1.93. The van der Waals surface area contributed by atoms with Gasteiger partial charge >= 0.3 is 6.18 Å². The van der Waals surface area contributed by atoms with Gasteiger partial charge in [-0.15, -0.1) is 15.9 Å². The zero-order valence-electron chi connectivity index (χ0n) is 14.6. The summed E-state index contributed by atoms with van der Waals surface area (Å²) >= 11 is 0. The molecule has 2 heterocycles. The van der Waals surface area contributed by atoms with Gasteiger partial charge in [-0.05, 0) is 18.2 Å². The van der Waals surface area contributed by atoms with Crippen LogP contribution in [0.4, 0.5) is 18.9 Å². The Labute approximate surface area is 153 Å². The van der Waals surface area contributed by atoms with Gasteiger partial charge in [-0.1, -0.05) is 30.3 Å². The summed E-state index contributed by atoms with van der Waals surface area (Å²) in [5.74, 6) is 0.659. The van der Waals surface area contributed by atoms with E-state index in [4.69, 9.17) is 0 Å². The Kier molecular flexibility index (Phi) is 3.89. The minimum Gasteiger partial charge on any atom is -0.344 e. The molecule has 1 aliphatic rings. The van der Waals surface area contributed by atoms with Gasteiger partial charge in [0.1, 0.15) is 0 Å². The molecule has 0 spiro atoms. The Morgan fingerprint density at radius 3 is 2.30 bits per heavy atom. The molecule has 3 aromatic rings. The fourth-order valence-corrected chi connectivity index (χ4v) is 3.23. The van der Waals surface area contributed by atoms with Crippen LogP contribution in [0.15, 0.2) is 54.4 Å². The highest BCUT2D eigenvalue weighted by atomic mass is 19.4. The first-order valence-electron chi connectivity index (χ1n) is 8.22. The van der Waals surface area contributed by atoms with Gasteiger partial charge in [0.05, 0.1) is 5.56 Å². The molecular weight excluding hydrogens is 353 g/mol. The maximum Gasteiger partial charge on any atom is 0.417 e. The smallest absolute Gasteiger partial charge is 0.344 e. The van der Waals surface area contributed by atoms with Crippen LogP contribution < -0.4 is 4.90 Å². The van der Waals surface area contributed by atoms with Crippen LogP contribution in [0.1, 0.15) is 11.1 Å². The van der Waals surface area contributed by atoms with E-state index < -0.39 is 11.7 Å². The number of halogens is 3. The maximum atomic E-state index is 13.4. The third-order valence-corrected chi connectivity index (χ3v) is 4.55. The molecule has 7 heteroatoms. The number of hydrogen-bond donors (Lipinski definition) is 0. The molecule has 0 N–H and O–H groups in total. The third kappa shape index (κ3) is 2.82. The zero-order valence-corrected chi connectivity index (χ0v) is 14.6. The molecule has 136 valence electrons. The van der Waals surface area contributed by atoms with Crippen molar-refractivity contribution in [2.24, 2.45) is 7.05 Å². The normalized spacial score (nSPS) is 13.1. The Morgan fingerprint density at radius 2 is 1.56 bits per heavy atom. The van der Waals surface area contributed by atoms with Crippen LogP contribution in [0, 0.1) is 0 Å². The largest absolute Gasteiger partial charge is 0.417 e. The van der Waals surface area contributed by atoms with Crippen LogP contribution in [0.2, 0.25) is 0 Å². The van der Waals surface area contributed by atoms with E-state index in [2.05, 4.69) is 15.9 Å². The van der Waals surface area contributed by atoms with Crippen molar-refractivity contribution in [3.63, 3.8) is 0 Å². The zero-order chi connectivity index (χ0) is 19.2. The van der Waals surface area contributed by atoms with Crippen LogP contribution >= 0.6 is 0 Å². The lowest BCUT2D eigenvalue weighted by Crippen LogP contribution is -2.11. The van der Waals surface area contributed by atoms with Crippen molar-refractivity contribution in [2.75, 3.05) is 11.9 Å². The van der Waals surface area contributed by atoms with E-state index in [1.54, 1.807) is 17.7 Å². The SMILES string of the molecule is CN1C=C=Cc2c(-c3nnc(-c4ccccc4C(F)(F)F)n3C)cccc21. The number of fused-ring (bicyclic) bond motifs is 1. The molecule has 4 rings (SSSR count). The fourth-order valence-electron chi connectivity index (χ4n) is 3.23. The fraction of sp³-hybridized carbons (Fsp3) is 0.150. The Bertz CT molecular complexity index is 1090. The van der Waals surface area contributed by atoms with Crippen molar-refractivity contribution in [2.45, 2.75) is 6.18 Å². The molecular formula is C20H15F3N4. The molecule has 4 nitrogen and oxygen atoms in total. The molecule has 0 radical (unpaired) electrons. The second-order valence-electron chi connectivity index (χ2n) is 6.24. The number of rotatable bonds is 2. The van der Waals surface area contributed by atoms with Gasteiger partial charge in [0.2, 0.25) is 0 Å². The number of nitrogens with zero attached hydrogens (tertiary/aromatic N) is 4. The molecule has 2 aromatic carbocycles. The molecule has 0 saturated carbocycles. The lowest BCUT2D eigenvalue weighted by atomic mass is 10.0. The van der Waals surface area contributed by atoms with Gasteiger partial charge in [-0.25, -0.2) is 0 Å². The van der Waals surface area contributed by atoms with Gasteiger partial charge in [0.15, 0.2) is 11.6 Å². The monoisotopic (exact) mass is 368 g/mol. The predicted molar refractivity (Wildman–Crippen MR) is 97.8 cm³/mol. The standard InChI is InChI=1S/C20H15F3N4/c1-26-12-6-9-13-14(8-5-11-17(13)26)18-24-25-19(27(18)2)15-7-3-4-10-16(15)20(21,22)23/h3-5,7-12H,1-2H3. The van der Waals surface area contributed by atoms with E-state index in [-0.39, 0.29) is 11.4 Å². The van der Waals surface area contributed by atoms with Crippen molar-refractivity contribution in [1.82, 2.24) is 14.8 Å². The molecule has 0 bridgehead atoms. The van der Waals surface area contributed by atoms with Gasteiger partial charge in [0.25, 0.3) is 0 Å². The molecule has 0 saturated heterocycles. The van der Waals surface area contributed by atoms with Crippen LogP contribution in [-0.2, 0) is 13.2 Å². The summed E-state index contributed by atoms with van der Waals surface area (Å²) in [7, 11) is 3.58. The van der Waals surface area contributed by atoms with E-state index in [1.165, 1.54) is 12.1 Å². The van der Waals surface area contributed by atoms with Crippen LogP contribution in [0.5, 0.6) is 0 Å². The van der Waals surface area contributed by atoms with E-state index in [0.29, 0.717) is 5.82 Å². The Balaban J connectivity index is 1.89. The van der Waals surface area contributed by atoms with E-state index in [0.717, 1.165) is 22.9 Å². The summed E-state index contributed by atoms with van der Waals surface area (Å²) in [5.41, 5.74) is 4.97. The van der Waals surface area contributed by atoms with Crippen molar-refractivity contribution < 1.29 is 13.2 Å². The first kappa shape index (κ1) is 17.1. The molecule has 0 unspecified atom stereocenters. The van der Waals surface area contributed by atoms with Gasteiger partial charge in [-0.2, -0.15) is 13.2 Å². The number of anilines is 1.